The molecule has 3 rings (SSSR count). The molecular weight excluding hydrogens is 293 g/mol. The predicted molar refractivity (Wildman–Crippen MR) is 82.7 cm³/mol. The Morgan fingerprint density at radius 3 is 2.15 bits per heavy atom. The van der Waals surface area contributed by atoms with Crippen LogP contribution in [0.1, 0.15) is 36.0 Å². The number of nitrogens with zero attached hydrogens (tertiary/aromatic N) is 1. The molecule has 2 aliphatic rings. The molecule has 4 heteroatoms. The third-order valence-electron chi connectivity index (χ3n) is 4.04. The average molecular weight is 312 g/mol. The van der Waals surface area contributed by atoms with Crippen molar-refractivity contribution in [3.05, 3.63) is 33.8 Å². The van der Waals surface area contributed by atoms with Crippen LogP contribution < -0.4 is 0 Å². The van der Waals surface area contributed by atoms with Gasteiger partial charge >= 0.3 is 0 Å². The van der Waals surface area contributed by atoms with Crippen molar-refractivity contribution in [2.24, 2.45) is 11.8 Å². The molecule has 0 aliphatic heterocycles. The van der Waals surface area contributed by atoms with Crippen LogP contribution in [0.25, 0.3) is 0 Å². The summed E-state index contributed by atoms with van der Waals surface area (Å²) in [7, 11) is 0. The van der Waals surface area contributed by atoms with E-state index in [1.807, 2.05) is 0 Å². The largest absolute Gasteiger partial charge is 0.295 e. The standard InChI is InChI=1S/C16H19Cl2NO/c17-14-6-5-13(7-15(14)18)16(20)10-19(8-11-1-2-11)9-12-3-4-12/h5-7,11-12H,1-4,8-10H2. The highest BCUT2D eigenvalue weighted by atomic mass is 35.5. The summed E-state index contributed by atoms with van der Waals surface area (Å²) >= 11 is 11.9. The van der Waals surface area contributed by atoms with Crippen LogP contribution >= 0.6 is 23.2 Å². The normalized spacial score (nSPS) is 18.6. The zero-order chi connectivity index (χ0) is 14.1. The third kappa shape index (κ3) is 3.97. The second-order valence-corrected chi connectivity index (χ2v) is 6.95. The van der Waals surface area contributed by atoms with Crippen molar-refractivity contribution in [1.82, 2.24) is 4.90 Å². The summed E-state index contributed by atoms with van der Waals surface area (Å²) < 4.78 is 0. The second kappa shape index (κ2) is 6.05. The SMILES string of the molecule is O=C(CN(CC1CC1)CC1CC1)c1ccc(Cl)c(Cl)c1. The van der Waals surface area contributed by atoms with Gasteiger partial charge in [0.25, 0.3) is 0 Å². The van der Waals surface area contributed by atoms with Gasteiger partial charge in [0.1, 0.15) is 0 Å². The highest BCUT2D eigenvalue weighted by Gasteiger charge is 2.30. The summed E-state index contributed by atoms with van der Waals surface area (Å²) in [5, 5.41) is 0.949. The molecule has 0 bridgehead atoms. The van der Waals surface area contributed by atoms with Crippen molar-refractivity contribution in [2.45, 2.75) is 25.7 Å². The molecule has 2 fully saturated rings. The maximum absolute atomic E-state index is 12.4. The Hall–Kier alpha value is -0.570. The first-order valence-corrected chi connectivity index (χ1v) is 8.08. The smallest absolute Gasteiger partial charge is 0.176 e. The first-order valence-electron chi connectivity index (χ1n) is 7.32. The second-order valence-electron chi connectivity index (χ2n) is 6.13. The maximum Gasteiger partial charge on any atom is 0.176 e. The molecule has 0 aromatic heterocycles. The lowest BCUT2D eigenvalue weighted by Crippen LogP contribution is -2.33. The highest BCUT2D eigenvalue weighted by molar-refractivity contribution is 6.42. The van der Waals surface area contributed by atoms with Crippen molar-refractivity contribution in [1.29, 1.82) is 0 Å². The van der Waals surface area contributed by atoms with E-state index in [1.165, 1.54) is 25.7 Å². The van der Waals surface area contributed by atoms with Gasteiger partial charge in [-0.2, -0.15) is 0 Å². The molecule has 20 heavy (non-hydrogen) atoms. The van der Waals surface area contributed by atoms with Gasteiger partial charge in [0.15, 0.2) is 5.78 Å². The number of ketones is 1. The van der Waals surface area contributed by atoms with Crippen LogP contribution in [0, 0.1) is 11.8 Å². The first-order chi connectivity index (χ1) is 9.61. The fraction of sp³-hybridized carbons (Fsp3) is 0.562. The summed E-state index contributed by atoms with van der Waals surface area (Å²) in [6.07, 6.45) is 5.29. The average Bonchev–Trinajstić information content (AvgIpc) is 3.28. The highest BCUT2D eigenvalue weighted by Crippen LogP contribution is 2.33. The van der Waals surface area contributed by atoms with E-state index in [2.05, 4.69) is 4.90 Å². The lowest BCUT2D eigenvalue weighted by Gasteiger charge is -2.21. The van der Waals surface area contributed by atoms with E-state index in [-0.39, 0.29) is 5.78 Å². The number of carbonyl (C=O) groups is 1. The van der Waals surface area contributed by atoms with Crippen molar-refractivity contribution in [3.8, 4) is 0 Å². The number of hydrogen-bond acceptors (Lipinski definition) is 2. The van der Waals surface area contributed by atoms with Gasteiger partial charge in [0.2, 0.25) is 0 Å². The molecule has 0 radical (unpaired) electrons. The van der Waals surface area contributed by atoms with E-state index in [4.69, 9.17) is 23.2 Å². The number of rotatable bonds is 7. The van der Waals surface area contributed by atoms with Crippen LogP contribution in [0.5, 0.6) is 0 Å². The van der Waals surface area contributed by atoms with Gasteiger partial charge in [0, 0.05) is 18.7 Å². The Balaban J connectivity index is 1.62. The zero-order valence-electron chi connectivity index (χ0n) is 11.4. The molecule has 0 amide bonds. The lowest BCUT2D eigenvalue weighted by molar-refractivity contribution is 0.0924. The number of halogens is 2. The van der Waals surface area contributed by atoms with Gasteiger partial charge in [-0.15, -0.1) is 0 Å². The predicted octanol–water partition coefficient (Wildman–Crippen LogP) is 4.30. The van der Waals surface area contributed by atoms with E-state index < -0.39 is 0 Å². The molecule has 2 aliphatic carbocycles. The van der Waals surface area contributed by atoms with Gasteiger partial charge < -0.3 is 0 Å². The van der Waals surface area contributed by atoms with E-state index in [0.717, 1.165) is 24.9 Å². The molecule has 2 saturated carbocycles. The minimum atomic E-state index is 0.143. The topological polar surface area (TPSA) is 20.3 Å². The van der Waals surface area contributed by atoms with E-state index in [9.17, 15) is 4.79 Å². The van der Waals surface area contributed by atoms with Crippen molar-refractivity contribution < 1.29 is 4.79 Å². The minimum absolute atomic E-state index is 0.143. The van der Waals surface area contributed by atoms with Gasteiger partial charge in [-0.1, -0.05) is 23.2 Å². The van der Waals surface area contributed by atoms with Gasteiger partial charge in [-0.3, -0.25) is 9.69 Å². The molecule has 0 spiro atoms. The van der Waals surface area contributed by atoms with Crippen LogP contribution in [-0.2, 0) is 0 Å². The Morgan fingerprint density at radius 2 is 1.65 bits per heavy atom. The van der Waals surface area contributed by atoms with Gasteiger partial charge in [0.05, 0.1) is 16.6 Å². The van der Waals surface area contributed by atoms with Crippen molar-refractivity contribution >= 4 is 29.0 Å². The third-order valence-corrected chi connectivity index (χ3v) is 4.77. The van der Waals surface area contributed by atoms with Gasteiger partial charge in [-0.05, 0) is 55.7 Å². The molecule has 0 saturated heterocycles. The molecule has 0 N–H and O–H groups in total. The lowest BCUT2D eigenvalue weighted by atomic mass is 10.1. The molecule has 1 aromatic carbocycles. The van der Waals surface area contributed by atoms with Crippen LogP contribution in [0.2, 0.25) is 10.0 Å². The van der Waals surface area contributed by atoms with Crippen molar-refractivity contribution in [3.63, 3.8) is 0 Å². The Morgan fingerprint density at radius 1 is 1.05 bits per heavy atom. The fourth-order valence-electron chi connectivity index (χ4n) is 2.50. The first kappa shape index (κ1) is 14.4. The maximum atomic E-state index is 12.4. The molecule has 1 aromatic rings. The molecular formula is C16H19Cl2NO. The number of benzene rings is 1. The Bertz CT molecular complexity index is 495. The van der Waals surface area contributed by atoms with Crippen molar-refractivity contribution in [2.75, 3.05) is 19.6 Å². The summed E-state index contributed by atoms with van der Waals surface area (Å²) in [4.78, 5) is 14.7. The molecule has 0 atom stereocenters. The summed E-state index contributed by atoms with van der Waals surface area (Å²) in [5.41, 5.74) is 0.663. The van der Waals surface area contributed by atoms with Crippen LogP contribution in [0.3, 0.4) is 0 Å². The number of carbonyl (C=O) groups excluding carboxylic acids is 1. The minimum Gasteiger partial charge on any atom is -0.295 e. The van der Waals surface area contributed by atoms with E-state index in [1.54, 1.807) is 18.2 Å². The molecule has 0 unspecified atom stereocenters. The Kier molecular flexibility index (Phi) is 4.34. The Labute approximate surface area is 130 Å². The van der Waals surface area contributed by atoms with E-state index in [0.29, 0.717) is 22.2 Å². The van der Waals surface area contributed by atoms with Gasteiger partial charge in [-0.25, -0.2) is 0 Å². The monoisotopic (exact) mass is 311 g/mol. The summed E-state index contributed by atoms with van der Waals surface area (Å²) in [6.45, 7) is 2.65. The van der Waals surface area contributed by atoms with Crippen LogP contribution in [0.15, 0.2) is 18.2 Å². The molecule has 108 valence electrons. The number of hydrogen-bond donors (Lipinski definition) is 0. The molecule has 0 heterocycles. The molecule has 2 nitrogen and oxygen atoms in total. The van der Waals surface area contributed by atoms with Crippen LogP contribution in [-0.4, -0.2) is 30.3 Å². The summed E-state index contributed by atoms with van der Waals surface area (Å²) in [5.74, 6) is 1.77. The van der Waals surface area contributed by atoms with Crippen LogP contribution in [0.4, 0.5) is 0 Å². The summed E-state index contributed by atoms with van der Waals surface area (Å²) in [6, 6.07) is 5.14. The zero-order valence-corrected chi connectivity index (χ0v) is 13.0. The number of Topliss-reactive ketones (excluding diaryl/α,β-unsaturated/α-hetero) is 1. The van der Waals surface area contributed by atoms with E-state index >= 15 is 0 Å². The fourth-order valence-corrected chi connectivity index (χ4v) is 2.80. The quantitative estimate of drug-likeness (QED) is 0.700.